The summed E-state index contributed by atoms with van der Waals surface area (Å²) in [6.07, 6.45) is -8.07. The third kappa shape index (κ3) is 5.34. The van der Waals surface area contributed by atoms with Gasteiger partial charge in [0, 0.05) is 0 Å². The highest BCUT2D eigenvalue weighted by molar-refractivity contribution is 5.82. The van der Waals surface area contributed by atoms with E-state index in [9.17, 15) is 27.2 Å². The van der Waals surface area contributed by atoms with Crippen LogP contribution in [0.4, 0.5) is 22.4 Å². The minimum Gasteiger partial charge on any atom is -0.458 e. The fraction of sp³-hybridized carbons (Fsp3) is 0.833. The minimum absolute atomic E-state index is 1.04. The molecule has 0 aromatic rings. The van der Waals surface area contributed by atoms with Crippen molar-refractivity contribution in [1.29, 1.82) is 0 Å². The molecule has 0 bridgehead atoms. The molecule has 118 valence electrons. The summed E-state index contributed by atoms with van der Waals surface area (Å²) in [5.74, 6) is -1.31. The molecule has 0 N–H and O–H groups in total. The van der Waals surface area contributed by atoms with Crippen LogP contribution >= 0.6 is 0 Å². The van der Waals surface area contributed by atoms with Gasteiger partial charge in [0.25, 0.3) is 0 Å². The number of carbonyl (C=O) groups is 2. The number of hydrogen-bond acceptors (Lipinski definition) is 3. The van der Waals surface area contributed by atoms with Crippen molar-refractivity contribution in [2.45, 2.75) is 59.5 Å². The van der Waals surface area contributed by atoms with Crippen LogP contribution in [0.5, 0.6) is 0 Å². The lowest BCUT2D eigenvalue weighted by Crippen LogP contribution is -2.57. The SMILES string of the molecule is CC(C)(C)OC(=O)[C@@H](N(C(=O)F)C(F)(F)F)C(C)(C)C. The van der Waals surface area contributed by atoms with E-state index < -0.39 is 40.4 Å². The predicted octanol–water partition coefficient (Wildman–Crippen LogP) is 3.65. The Kier molecular flexibility index (Phi) is 5.20. The van der Waals surface area contributed by atoms with Crippen LogP contribution in [0.25, 0.3) is 0 Å². The third-order valence-corrected chi connectivity index (χ3v) is 2.17. The zero-order valence-electron chi connectivity index (χ0n) is 12.3. The molecule has 0 aliphatic heterocycles. The smallest absolute Gasteiger partial charge is 0.458 e. The summed E-state index contributed by atoms with van der Waals surface area (Å²) >= 11 is 0. The van der Waals surface area contributed by atoms with Crippen molar-refractivity contribution < 1.29 is 31.9 Å². The summed E-state index contributed by atoms with van der Waals surface area (Å²) in [5, 5.41) is 0. The largest absolute Gasteiger partial charge is 0.489 e. The van der Waals surface area contributed by atoms with Gasteiger partial charge in [0.1, 0.15) is 11.6 Å². The number of halogens is 4. The standard InChI is InChI=1S/C12H19F4NO3/c1-10(2,3)7(8(18)20-11(4,5)6)17(9(13)19)12(14,15)16/h7H,1-6H3/t7-/m1/s1. The first-order chi connectivity index (χ1) is 8.57. The molecule has 0 aliphatic carbocycles. The highest BCUT2D eigenvalue weighted by Crippen LogP contribution is 2.34. The summed E-state index contributed by atoms with van der Waals surface area (Å²) in [7, 11) is 0. The maximum absolute atomic E-state index is 12.8. The Bertz CT molecular complexity index is 380. The molecule has 8 heteroatoms. The van der Waals surface area contributed by atoms with E-state index in [4.69, 9.17) is 4.74 Å². The number of carbonyl (C=O) groups excluding carboxylic acids is 2. The van der Waals surface area contributed by atoms with Crippen molar-refractivity contribution in [1.82, 2.24) is 4.90 Å². The van der Waals surface area contributed by atoms with Crippen LogP contribution in [0.1, 0.15) is 41.5 Å². The van der Waals surface area contributed by atoms with Crippen LogP contribution in [0.3, 0.4) is 0 Å². The predicted molar refractivity (Wildman–Crippen MR) is 63.5 cm³/mol. The van der Waals surface area contributed by atoms with Crippen molar-refractivity contribution in [3.05, 3.63) is 0 Å². The third-order valence-electron chi connectivity index (χ3n) is 2.17. The monoisotopic (exact) mass is 301 g/mol. The highest BCUT2D eigenvalue weighted by atomic mass is 19.4. The maximum Gasteiger partial charge on any atom is 0.489 e. The number of rotatable bonds is 2. The quantitative estimate of drug-likeness (QED) is 0.338. The van der Waals surface area contributed by atoms with Crippen LogP contribution in [0.15, 0.2) is 0 Å². The fourth-order valence-electron chi connectivity index (χ4n) is 1.55. The van der Waals surface area contributed by atoms with Gasteiger partial charge >= 0.3 is 18.4 Å². The van der Waals surface area contributed by atoms with Crippen molar-refractivity contribution >= 4 is 12.1 Å². The van der Waals surface area contributed by atoms with E-state index in [1.807, 2.05) is 0 Å². The van der Waals surface area contributed by atoms with Gasteiger partial charge < -0.3 is 4.74 Å². The van der Waals surface area contributed by atoms with Gasteiger partial charge in [0.15, 0.2) is 0 Å². The van der Waals surface area contributed by atoms with E-state index in [1.165, 1.54) is 41.5 Å². The molecule has 0 radical (unpaired) electrons. The lowest BCUT2D eigenvalue weighted by atomic mass is 9.85. The Hall–Kier alpha value is -1.34. The maximum atomic E-state index is 12.8. The van der Waals surface area contributed by atoms with Crippen LogP contribution < -0.4 is 0 Å². The summed E-state index contributed by atoms with van der Waals surface area (Å²) in [6, 6.07) is -2.11. The number of amides is 1. The van der Waals surface area contributed by atoms with Crippen molar-refractivity contribution in [3.8, 4) is 0 Å². The molecule has 20 heavy (non-hydrogen) atoms. The van der Waals surface area contributed by atoms with Gasteiger partial charge in [-0.2, -0.15) is 0 Å². The van der Waals surface area contributed by atoms with Crippen LogP contribution in [-0.2, 0) is 9.53 Å². The number of hydrogen-bond donors (Lipinski definition) is 0. The number of esters is 1. The van der Waals surface area contributed by atoms with Gasteiger partial charge in [-0.15, -0.1) is 17.6 Å². The van der Waals surface area contributed by atoms with Crippen molar-refractivity contribution in [3.63, 3.8) is 0 Å². The van der Waals surface area contributed by atoms with Crippen LogP contribution in [0.2, 0.25) is 0 Å². The van der Waals surface area contributed by atoms with E-state index >= 15 is 0 Å². The second-order valence-electron chi connectivity index (χ2n) is 6.39. The Morgan fingerprint density at radius 2 is 1.40 bits per heavy atom. The first kappa shape index (κ1) is 18.7. The lowest BCUT2D eigenvalue weighted by Gasteiger charge is -2.38. The molecule has 1 amide bonds. The molecular weight excluding hydrogens is 282 g/mol. The molecule has 0 unspecified atom stereocenters. The molecule has 1 atom stereocenters. The Labute approximate surface area is 115 Å². The van der Waals surface area contributed by atoms with Crippen molar-refractivity contribution in [2.75, 3.05) is 0 Å². The minimum atomic E-state index is -5.32. The molecule has 0 aliphatic rings. The lowest BCUT2D eigenvalue weighted by molar-refractivity contribution is -0.251. The molecule has 0 aromatic carbocycles. The van der Waals surface area contributed by atoms with E-state index in [-0.39, 0.29) is 0 Å². The summed E-state index contributed by atoms with van der Waals surface area (Å²) in [4.78, 5) is 21.6. The molecule has 0 saturated heterocycles. The summed E-state index contributed by atoms with van der Waals surface area (Å²) in [6.45, 7) is 8.22. The first-order valence-electron chi connectivity index (χ1n) is 5.86. The van der Waals surface area contributed by atoms with Crippen LogP contribution in [-0.4, -0.2) is 35.0 Å². The second-order valence-corrected chi connectivity index (χ2v) is 6.39. The Morgan fingerprint density at radius 1 is 1.00 bits per heavy atom. The fourth-order valence-corrected chi connectivity index (χ4v) is 1.55. The Balaban J connectivity index is 5.68. The van der Waals surface area contributed by atoms with Gasteiger partial charge in [-0.25, -0.2) is 14.5 Å². The molecule has 0 fully saturated rings. The van der Waals surface area contributed by atoms with Crippen LogP contribution in [0, 0.1) is 5.41 Å². The number of alkyl halides is 3. The van der Waals surface area contributed by atoms with Gasteiger partial charge in [-0.05, 0) is 26.2 Å². The van der Waals surface area contributed by atoms with E-state index in [2.05, 4.69) is 0 Å². The molecule has 0 rings (SSSR count). The van der Waals surface area contributed by atoms with E-state index in [1.54, 1.807) is 0 Å². The van der Waals surface area contributed by atoms with Gasteiger partial charge in [-0.3, -0.25) is 0 Å². The van der Waals surface area contributed by atoms with E-state index in [0.717, 1.165) is 0 Å². The van der Waals surface area contributed by atoms with Gasteiger partial charge in [0.2, 0.25) is 0 Å². The molecule has 0 aromatic heterocycles. The van der Waals surface area contributed by atoms with Gasteiger partial charge in [-0.1, -0.05) is 20.8 Å². The van der Waals surface area contributed by atoms with Crippen molar-refractivity contribution in [2.24, 2.45) is 5.41 Å². The average molecular weight is 301 g/mol. The number of nitrogens with zero attached hydrogens (tertiary/aromatic N) is 1. The normalized spacial score (nSPS) is 14.7. The zero-order valence-corrected chi connectivity index (χ0v) is 12.3. The highest BCUT2D eigenvalue weighted by Gasteiger charge is 2.53. The second kappa shape index (κ2) is 5.57. The van der Waals surface area contributed by atoms with E-state index in [0.29, 0.717) is 0 Å². The number of ether oxygens (including phenoxy) is 1. The molecule has 0 spiro atoms. The topological polar surface area (TPSA) is 46.6 Å². The zero-order chi connectivity index (χ0) is 16.5. The van der Waals surface area contributed by atoms with Gasteiger partial charge in [0.05, 0.1) is 0 Å². The molecule has 0 heterocycles. The summed E-state index contributed by atoms with van der Waals surface area (Å²) < 4.78 is 56.1. The first-order valence-corrected chi connectivity index (χ1v) is 5.86. The average Bonchev–Trinajstić information content (AvgIpc) is 2.05. The summed E-state index contributed by atoms with van der Waals surface area (Å²) in [5.41, 5.74) is -2.42. The molecule has 0 saturated carbocycles. The Morgan fingerprint density at radius 3 is 1.60 bits per heavy atom. The molecule has 4 nitrogen and oxygen atoms in total. The molecular formula is C12H19F4NO3.